The molecule has 0 fully saturated rings. The molecule has 1 N–H and O–H groups in total. The molecule has 0 amide bonds. The second-order valence-corrected chi connectivity index (χ2v) is 2.84. The van der Waals surface area contributed by atoms with Gasteiger partial charge in [0.05, 0.1) is 10.9 Å². The Hall–Kier alpha value is -1.55. The van der Waals surface area contributed by atoms with Gasteiger partial charge in [-0.15, -0.1) is 12.4 Å². The molecule has 5 heteroatoms. The van der Waals surface area contributed by atoms with Crippen LogP contribution in [0.5, 0.6) is 0 Å². The van der Waals surface area contributed by atoms with Crippen LogP contribution in [0.3, 0.4) is 0 Å². The van der Waals surface area contributed by atoms with Crippen molar-refractivity contribution in [1.29, 1.82) is 0 Å². The molecule has 0 bridgehead atoms. The molecule has 0 aliphatic rings. The highest BCUT2D eigenvalue weighted by atomic mass is 35.5. The first-order valence-electron chi connectivity index (χ1n) is 3.88. The molecule has 2 aromatic rings. The van der Waals surface area contributed by atoms with E-state index in [-0.39, 0.29) is 23.7 Å². The van der Waals surface area contributed by atoms with Gasteiger partial charge in [-0.3, -0.25) is 14.3 Å². The van der Waals surface area contributed by atoms with Gasteiger partial charge in [0.2, 0.25) is 0 Å². The summed E-state index contributed by atoms with van der Waals surface area (Å²) in [5.74, 6) is 0. The van der Waals surface area contributed by atoms with Crippen LogP contribution in [0.4, 0.5) is 0 Å². The predicted molar refractivity (Wildman–Crippen MR) is 57.1 cm³/mol. The van der Waals surface area contributed by atoms with Crippen LogP contribution in [0.2, 0.25) is 0 Å². The maximum Gasteiger partial charge on any atom is 0.328 e. The summed E-state index contributed by atoms with van der Waals surface area (Å²) in [6, 6.07) is 6.99. The first kappa shape index (κ1) is 10.5. The molecule has 0 radical (unpaired) electrons. The standard InChI is InChI=1S/C9H8N2O2.ClH/c1-11-7-5-3-2-4-6(7)8(12)10-9(11)13;/h2-5H,1H3,(H,10,12,13);1H. The van der Waals surface area contributed by atoms with Gasteiger partial charge < -0.3 is 0 Å². The Morgan fingerprint density at radius 2 is 1.86 bits per heavy atom. The SMILES string of the molecule is Cl.Cn1c(=O)[nH]c(=O)c2ccccc21. The molecule has 0 unspecified atom stereocenters. The van der Waals surface area contributed by atoms with Crippen molar-refractivity contribution in [2.24, 2.45) is 7.05 Å². The van der Waals surface area contributed by atoms with E-state index in [9.17, 15) is 9.59 Å². The fourth-order valence-electron chi connectivity index (χ4n) is 1.32. The zero-order chi connectivity index (χ0) is 9.42. The summed E-state index contributed by atoms with van der Waals surface area (Å²) in [6.45, 7) is 0. The predicted octanol–water partition coefficient (Wildman–Crippen LogP) is 0.649. The maximum atomic E-state index is 11.3. The Morgan fingerprint density at radius 1 is 1.21 bits per heavy atom. The highest BCUT2D eigenvalue weighted by Gasteiger charge is 2.01. The molecule has 0 saturated carbocycles. The van der Waals surface area contributed by atoms with Crippen molar-refractivity contribution in [2.75, 3.05) is 0 Å². The summed E-state index contributed by atoms with van der Waals surface area (Å²) in [5.41, 5.74) is -0.0707. The Balaban J connectivity index is 0.000000980. The third kappa shape index (κ3) is 1.44. The lowest BCUT2D eigenvalue weighted by molar-refractivity contribution is 0.843. The summed E-state index contributed by atoms with van der Waals surface area (Å²) in [5, 5.41) is 0.532. The minimum atomic E-state index is -0.385. The largest absolute Gasteiger partial charge is 0.328 e. The minimum absolute atomic E-state index is 0. The van der Waals surface area contributed by atoms with Gasteiger partial charge >= 0.3 is 5.69 Å². The molecule has 1 aromatic carbocycles. The highest BCUT2D eigenvalue weighted by molar-refractivity contribution is 5.85. The van der Waals surface area contributed by atoms with Crippen LogP contribution in [0.15, 0.2) is 33.9 Å². The van der Waals surface area contributed by atoms with Gasteiger partial charge in [-0.25, -0.2) is 4.79 Å². The number of aromatic nitrogens is 2. The molecule has 14 heavy (non-hydrogen) atoms. The fourth-order valence-corrected chi connectivity index (χ4v) is 1.32. The van der Waals surface area contributed by atoms with Crippen molar-refractivity contribution < 1.29 is 0 Å². The van der Waals surface area contributed by atoms with Gasteiger partial charge in [-0.2, -0.15) is 0 Å². The smallest absolute Gasteiger partial charge is 0.296 e. The molecule has 4 nitrogen and oxygen atoms in total. The van der Waals surface area contributed by atoms with Crippen molar-refractivity contribution in [3.8, 4) is 0 Å². The van der Waals surface area contributed by atoms with E-state index in [0.717, 1.165) is 0 Å². The number of hydrogen-bond acceptors (Lipinski definition) is 2. The number of hydrogen-bond donors (Lipinski definition) is 1. The number of nitrogens with zero attached hydrogens (tertiary/aromatic N) is 1. The third-order valence-corrected chi connectivity index (χ3v) is 2.04. The maximum absolute atomic E-state index is 11.3. The van der Waals surface area contributed by atoms with Gasteiger partial charge in [0.15, 0.2) is 0 Å². The first-order valence-corrected chi connectivity index (χ1v) is 3.88. The van der Waals surface area contributed by atoms with Crippen LogP contribution < -0.4 is 11.2 Å². The summed E-state index contributed by atoms with van der Waals surface area (Å²) < 4.78 is 1.41. The molecule has 0 aliphatic carbocycles. The lowest BCUT2D eigenvalue weighted by Crippen LogP contribution is -2.28. The van der Waals surface area contributed by atoms with Crippen molar-refractivity contribution in [1.82, 2.24) is 9.55 Å². The van der Waals surface area contributed by atoms with Crippen LogP contribution in [0.25, 0.3) is 10.9 Å². The summed E-state index contributed by atoms with van der Waals surface area (Å²) in [4.78, 5) is 24.7. The van der Waals surface area contributed by atoms with Gasteiger partial charge in [0, 0.05) is 7.05 Å². The Labute approximate surface area is 85.6 Å². The number of aryl methyl sites for hydroxylation is 1. The topological polar surface area (TPSA) is 54.9 Å². The first-order chi connectivity index (χ1) is 6.20. The van der Waals surface area contributed by atoms with E-state index in [4.69, 9.17) is 0 Å². The van der Waals surface area contributed by atoms with Gasteiger partial charge in [-0.1, -0.05) is 12.1 Å². The van der Waals surface area contributed by atoms with E-state index in [1.807, 2.05) is 0 Å². The Bertz CT molecular complexity index is 571. The van der Waals surface area contributed by atoms with Crippen LogP contribution in [0.1, 0.15) is 0 Å². The van der Waals surface area contributed by atoms with E-state index in [2.05, 4.69) is 4.98 Å². The van der Waals surface area contributed by atoms with E-state index in [0.29, 0.717) is 10.9 Å². The quantitative estimate of drug-likeness (QED) is 0.697. The molecule has 0 spiro atoms. The normalized spacial score (nSPS) is 9.79. The monoisotopic (exact) mass is 212 g/mol. The van der Waals surface area contributed by atoms with Gasteiger partial charge in [0.25, 0.3) is 5.56 Å². The summed E-state index contributed by atoms with van der Waals surface area (Å²) in [7, 11) is 1.63. The number of H-pyrrole nitrogens is 1. The number of aromatic amines is 1. The van der Waals surface area contributed by atoms with Crippen LogP contribution in [0, 0.1) is 0 Å². The molecule has 0 saturated heterocycles. The van der Waals surface area contributed by atoms with E-state index in [1.165, 1.54) is 4.57 Å². The van der Waals surface area contributed by atoms with E-state index >= 15 is 0 Å². The highest BCUT2D eigenvalue weighted by Crippen LogP contribution is 2.03. The summed E-state index contributed by atoms with van der Waals surface area (Å²) in [6.07, 6.45) is 0. The minimum Gasteiger partial charge on any atom is -0.296 e. The molecular weight excluding hydrogens is 204 g/mol. The van der Waals surface area contributed by atoms with Crippen molar-refractivity contribution in [3.05, 3.63) is 45.1 Å². The Kier molecular flexibility index (Phi) is 2.76. The van der Waals surface area contributed by atoms with Gasteiger partial charge in [0.1, 0.15) is 0 Å². The van der Waals surface area contributed by atoms with E-state index < -0.39 is 0 Å². The molecule has 0 atom stereocenters. The zero-order valence-electron chi connectivity index (χ0n) is 7.48. The third-order valence-electron chi connectivity index (χ3n) is 2.04. The second-order valence-electron chi connectivity index (χ2n) is 2.84. The fraction of sp³-hybridized carbons (Fsp3) is 0.111. The van der Waals surface area contributed by atoms with Crippen molar-refractivity contribution >= 4 is 23.3 Å². The summed E-state index contributed by atoms with van der Waals surface area (Å²) >= 11 is 0. The number of benzene rings is 1. The molecule has 2 rings (SSSR count). The van der Waals surface area contributed by atoms with Crippen LogP contribution in [-0.4, -0.2) is 9.55 Å². The lowest BCUT2D eigenvalue weighted by Gasteiger charge is -2.01. The number of nitrogens with one attached hydrogen (secondary N) is 1. The number of rotatable bonds is 0. The second kappa shape index (κ2) is 3.67. The molecular formula is C9H9ClN2O2. The Morgan fingerprint density at radius 3 is 2.57 bits per heavy atom. The number of halogens is 1. The van der Waals surface area contributed by atoms with Crippen molar-refractivity contribution in [3.63, 3.8) is 0 Å². The van der Waals surface area contributed by atoms with Gasteiger partial charge in [-0.05, 0) is 12.1 Å². The molecule has 74 valence electrons. The number of fused-ring (bicyclic) bond motifs is 1. The molecule has 1 aromatic heterocycles. The average Bonchev–Trinajstić information content (AvgIpc) is 2.15. The average molecular weight is 213 g/mol. The zero-order valence-corrected chi connectivity index (χ0v) is 8.30. The molecule has 0 aliphatic heterocycles. The van der Waals surface area contributed by atoms with Crippen LogP contribution >= 0.6 is 12.4 Å². The number of para-hydroxylation sites is 1. The van der Waals surface area contributed by atoms with E-state index in [1.54, 1.807) is 31.3 Å². The van der Waals surface area contributed by atoms with Crippen molar-refractivity contribution in [2.45, 2.75) is 0 Å². The molecule has 1 heterocycles. The van der Waals surface area contributed by atoms with Crippen LogP contribution in [-0.2, 0) is 7.05 Å². The lowest BCUT2D eigenvalue weighted by atomic mass is 10.2.